The maximum atomic E-state index is 5.22. The highest BCUT2D eigenvalue weighted by atomic mass is 15.3. The topological polar surface area (TPSA) is 88.8 Å². The Balaban J connectivity index is 2.72. The summed E-state index contributed by atoms with van der Waals surface area (Å²) in [6, 6.07) is 7.56. The first-order valence-corrected chi connectivity index (χ1v) is 3.49. The molecule has 0 aliphatic heterocycles. The van der Waals surface area contributed by atoms with Gasteiger partial charge in [0.25, 0.3) is 0 Å². The lowest BCUT2D eigenvalue weighted by Crippen LogP contribution is -2.06. The minimum atomic E-state index is 0.478. The minimum Gasteiger partial charge on any atom is -0.324 e. The van der Waals surface area contributed by atoms with Gasteiger partial charge in [0.1, 0.15) is 0 Å². The average molecular weight is 165 g/mol. The number of hydrogen-bond acceptors (Lipinski definition) is 4. The van der Waals surface area contributed by atoms with Crippen molar-refractivity contribution in [1.29, 1.82) is 0 Å². The summed E-state index contributed by atoms with van der Waals surface area (Å²) in [6.45, 7) is 0.478. The second-order valence-electron chi connectivity index (χ2n) is 2.26. The van der Waals surface area contributed by atoms with Crippen molar-refractivity contribution in [3.8, 4) is 0 Å². The van der Waals surface area contributed by atoms with Gasteiger partial charge < -0.3 is 11.3 Å². The van der Waals surface area contributed by atoms with E-state index in [2.05, 4.69) is 15.8 Å². The van der Waals surface area contributed by atoms with Crippen LogP contribution in [-0.4, -0.2) is 0 Å². The quantitative estimate of drug-likeness (QED) is 0.351. The van der Waals surface area contributed by atoms with Crippen molar-refractivity contribution in [1.82, 2.24) is 0 Å². The summed E-state index contributed by atoms with van der Waals surface area (Å²) >= 11 is 0. The zero-order chi connectivity index (χ0) is 8.81. The second-order valence-corrected chi connectivity index (χ2v) is 2.26. The van der Waals surface area contributed by atoms with E-state index in [-0.39, 0.29) is 0 Å². The van der Waals surface area contributed by atoms with Crippen LogP contribution in [-0.2, 0) is 6.54 Å². The van der Waals surface area contributed by atoms with Crippen LogP contribution in [0.25, 0.3) is 0 Å². The van der Waals surface area contributed by atoms with Crippen LogP contribution in [0.4, 0.5) is 5.69 Å². The first-order chi connectivity index (χ1) is 5.86. The Kier molecular flexibility index (Phi) is 3.04. The number of nitrogens with one attached hydrogen (secondary N) is 1. The van der Waals surface area contributed by atoms with E-state index in [0.29, 0.717) is 6.54 Å². The van der Waals surface area contributed by atoms with Crippen molar-refractivity contribution in [2.24, 2.45) is 22.0 Å². The van der Waals surface area contributed by atoms with E-state index < -0.39 is 0 Å². The number of hydrazine groups is 1. The maximum absolute atomic E-state index is 5.22. The highest BCUT2D eigenvalue weighted by Crippen LogP contribution is 2.09. The summed E-state index contributed by atoms with van der Waals surface area (Å²) in [5, 5.41) is 6.81. The molecule has 0 saturated heterocycles. The number of hydrogen-bond donors (Lipinski definition) is 3. The molecule has 0 unspecified atom stereocenters. The van der Waals surface area contributed by atoms with E-state index in [1.807, 2.05) is 24.3 Å². The zero-order valence-electron chi connectivity index (χ0n) is 6.57. The average Bonchev–Trinajstić information content (AvgIpc) is 2.15. The molecule has 0 aliphatic rings. The molecule has 1 rings (SSSR count). The van der Waals surface area contributed by atoms with E-state index in [1.165, 1.54) is 0 Å². The van der Waals surface area contributed by atoms with E-state index >= 15 is 0 Å². The van der Waals surface area contributed by atoms with Crippen molar-refractivity contribution in [3.05, 3.63) is 29.8 Å². The van der Waals surface area contributed by atoms with Gasteiger partial charge in [0.2, 0.25) is 0 Å². The fourth-order valence-corrected chi connectivity index (χ4v) is 0.882. The highest BCUT2D eigenvalue weighted by Gasteiger charge is 1.92. The lowest BCUT2D eigenvalue weighted by molar-refractivity contribution is 0.893. The first-order valence-electron chi connectivity index (χ1n) is 3.49. The molecule has 5 heteroatoms. The third-order valence-corrected chi connectivity index (χ3v) is 1.43. The van der Waals surface area contributed by atoms with Gasteiger partial charge in [-0.05, 0) is 17.7 Å². The Morgan fingerprint density at radius 1 is 1.42 bits per heavy atom. The molecule has 0 aromatic heterocycles. The Bertz CT molecular complexity index is 270. The van der Waals surface area contributed by atoms with Gasteiger partial charge in [0.05, 0.1) is 6.54 Å². The lowest BCUT2D eigenvalue weighted by Gasteiger charge is -2.00. The van der Waals surface area contributed by atoms with Gasteiger partial charge in [-0.3, -0.25) is 5.84 Å². The summed E-state index contributed by atoms with van der Waals surface area (Å²) in [7, 11) is 0. The van der Waals surface area contributed by atoms with Crippen LogP contribution in [0.3, 0.4) is 0 Å². The molecule has 1 aromatic carbocycles. The summed E-state index contributed by atoms with van der Waals surface area (Å²) in [5.74, 6) is 10.1. The number of nitrogens with zero attached hydrogens (tertiary/aromatic N) is 2. The van der Waals surface area contributed by atoms with E-state index in [0.717, 1.165) is 11.3 Å². The molecular formula is C7H11N5. The van der Waals surface area contributed by atoms with Crippen LogP contribution < -0.4 is 17.1 Å². The third kappa shape index (κ3) is 2.21. The van der Waals surface area contributed by atoms with Crippen LogP contribution in [0.2, 0.25) is 0 Å². The molecule has 0 amide bonds. The van der Waals surface area contributed by atoms with Gasteiger partial charge in [0.15, 0.2) is 0 Å². The van der Waals surface area contributed by atoms with Gasteiger partial charge in [-0.2, -0.15) is 5.11 Å². The molecule has 0 saturated carbocycles. The smallest absolute Gasteiger partial charge is 0.0871 e. The number of rotatable bonds is 3. The normalized spacial score (nSPS) is 10.4. The lowest BCUT2D eigenvalue weighted by atomic mass is 10.2. The van der Waals surface area contributed by atoms with E-state index in [9.17, 15) is 0 Å². The molecule has 0 radical (unpaired) electrons. The Labute approximate surface area is 70.4 Å². The van der Waals surface area contributed by atoms with Crippen molar-refractivity contribution >= 4 is 5.69 Å². The molecule has 12 heavy (non-hydrogen) atoms. The van der Waals surface area contributed by atoms with Crippen molar-refractivity contribution in [3.63, 3.8) is 0 Å². The zero-order valence-corrected chi connectivity index (χ0v) is 6.57. The molecule has 0 atom stereocenters. The van der Waals surface area contributed by atoms with Gasteiger partial charge >= 0.3 is 0 Å². The Hall–Kier alpha value is -1.62. The van der Waals surface area contributed by atoms with Crippen LogP contribution in [0.5, 0.6) is 0 Å². The summed E-state index contributed by atoms with van der Waals surface area (Å²) in [6.07, 6.45) is 0. The molecule has 0 fully saturated rings. The van der Waals surface area contributed by atoms with Gasteiger partial charge in [-0.1, -0.05) is 17.4 Å². The molecule has 5 nitrogen and oxygen atoms in total. The SMILES string of the molecule is NN=NCc1cccc(NN)c1. The fourth-order valence-electron chi connectivity index (χ4n) is 0.882. The van der Waals surface area contributed by atoms with Gasteiger partial charge in [-0.15, -0.1) is 0 Å². The number of nitrogen functional groups attached to an aromatic ring is 1. The molecule has 0 spiro atoms. The van der Waals surface area contributed by atoms with Crippen LogP contribution >= 0.6 is 0 Å². The van der Waals surface area contributed by atoms with Crippen molar-refractivity contribution in [2.45, 2.75) is 6.54 Å². The minimum absolute atomic E-state index is 0.478. The fraction of sp³-hybridized carbons (Fsp3) is 0.143. The molecular weight excluding hydrogens is 154 g/mol. The number of benzene rings is 1. The standard InChI is InChI=1S/C7H11N5/c8-11-7-3-1-2-6(4-7)5-10-12-9/h1-4,11H,5,8H2,(H2,9,10). The molecule has 0 heterocycles. The van der Waals surface area contributed by atoms with Crippen LogP contribution in [0.1, 0.15) is 5.56 Å². The summed E-state index contributed by atoms with van der Waals surface area (Å²) < 4.78 is 0. The van der Waals surface area contributed by atoms with Crippen molar-refractivity contribution < 1.29 is 0 Å². The summed E-state index contributed by atoms with van der Waals surface area (Å²) in [4.78, 5) is 0. The highest BCUT2D eigenvalue weighted by molar-refractivity contribution is 5.44. The van der Waals surface area contributed by atoms with Gasteiger partial charge in [-0.25, -0.2) is 0 Å². The predicted molar refractivity (Wildman–Crippen MR) is 47.0 cm³/mol. The van der Waals surface area contributed by atoms with Crippen molar-refractivity contribution in [2.75, 3.05) is 5.43 Å². The van der Waals surface area contributed by atoms with Crippen LogP contribution in [0.15, 0.2) is 34.6 Å². The van der Waals surface area contributed by atoms with E-state index in [1.54, 1.807) is 0 Å². The van der Waals surface area contributed by atoms with E-state index in [4.69, 9.17) is 11.7 Å². The number of nitrogens with two attached hydrogens (primary N) is 2. The van der Waals surface area contributed by atoms with Crippen LogP contribution in [0, 0.1) is 0 Å². The van der Waals surface area contributed by atoms with Gasteiger partial charge in [0, 0.05) is 5.69 Å². The summed E-state index contributed by atoms with van der Waals surface area (Å²) in [5.41, 5.74) is 4.40. The monoisotopic (exact) mass is 165 g/mol. The first kappa shape index (κ1) is 8.48. The Morgan fingerprint density at radius 2 is 2.25 bits per heavy atom. The Morgan fingerprint density at radius 3 is 2.92 bits per heavy atom. The molecule has 5 N–H and O–H groups in total. The number of anilines is 1. The largest absolute Gasteiger partial charge is 0.324 e. The second kappa shape index (κ2) is 4.30. The molecule has 0 aliphatic carbocycles. The predicted octanol–water partition coefficient (Wildman–Crippen LogP) is 0.798. The molecule has 64 valence electrons. The third-order valence-electron chi connectivity index (χ3n) is 1.43. The maximum Gasteiger partial charge on any atom is 0.0871 e. The molecule has 0 bridgehead atoms. The molecule has 1 aromatic rings.